The number of carboxylic acid groups (broad SMARTS) is 2. The SMILES string of the molecule is CCC(C(=O)O)n1/c(=N/C(=O)c2ccc(C)cc2)sc2cc(C(=O)O)ccc21. The Morgan fingerprint density at radius 1 is 1.07 bits per heavy atom. The van der Waals surface area contributed by atoms with Crippen molar-refractivity contribution in [2.45, 2.75) is 26.3 Å². The lowest BCUT2D eigenvalue weighted by molar-refractivity contribution is -0.140. The maximum Gasteiger partial charge on any atom is 0.335 e. The number of aryl methyl sites for hydroxylation is 1. The van der Waals surface area contributed by atoms with Crippen molar-refractivity contribution in [3.05, 3.63) is 64.0 Å². The van der Waals surface area contributed by atoms with Crippen LogP contribution in [-0.2, 0) is 4.79 Å². The van der Waals surface area contributed by atoms with Crippen LogP contribution in [0.2, 0.25) is 0 Å². The molecule has 0 aliphatic carbocycles. The molecule has 3 aromatic rings. The molecule has 0 aliphatic heterocycles. The van der Waals surface area contributed by atoms with Crippen molar-refractivity contribution in [2.24, 2.45) is 4.99 Å². The third-order valence-corrected chi connectivity index (χ3v) is 5.37. The van der Waals surface area contributed by atoms with Crippen LogP contribution >= 0.6 is 11.3 Å². The fourth-order valence-corrected chi connectivity index (χ4v) is 3.98. The molecule has 1 atom stereocenters. The van der Waals surface area contributed by atoms with Gasteiger partial charge in [-0.25, -0.2) is 9.59 Å². The molecule has 0 saturated heterocycles. The predicted octanol–water partition coefficient (Wildman–Crippen LogP) is 3.49. The first-order chi connectivity index (χ1) is 13.3. The highest BCUT2D eigenvalue weighted by Gasteiger charge is 2.22. The van der Waals surface area contributed by atoms with Crippen LogP contribution in [0.1, 0.15) is 45.7 Å². The summed E-state index contributed by atoms with van der Waals surface area (Å²) >= 11 is 1.09. The van der Waals surface area contributed by atoms with E-state index in [9.17, 15) is 24.6 Å². The summed E-state index contributed by atoms with van der Waals surface area (Å²) in [6.45, 7) is 3.64. The number of hydrogen-bond donors (Lipinski definition) is 2. The summed E-state index contributed by atoms with van der Waals surface area (Å²) in [5, 5.41) is 18.8. The quantitative estimate of drug-likeness (QED) is 0.684. The van der Waals surface area contributed by atoms with Crippen LogP contribution in [0.3, 0.4) is 0 Å². The Bertz CT molecular complexity index is 1140. The molecule has 0 bridgehead atoms. The number of benzene rings is 2. The Morgan fingerprint density at radius 2 is 1.71 bits per heavy atom. The number of aromatic nitrogens is 1. The molecule has 3 rings (SSSR count). The molecule has 1 unspecified atom stereocenters. The third kappa shape index (κ3) is 3.72. The minimum absolute atomic E-state index is 0.0840. The number of nitrogens with zero attached hydrogens (tertiary/aromatic N) is 2. The number of aliphatic carboxylic acids is 1. The zero-order valence-electron chi connectivity index (χ0n) is 15.2. The van der Waals surface area contributed by atoms with Crippen LogP contribution in [-0.4, -0.2) is 32.6 Å². The molecule has 1 amide bonds. The van der Waals surface area contributed by atoms with E-state index >= 15 is 0 Å². The summed E-state index contributed by atoms with van der Waals surface area (Å²) < 4.78 is 2.04. The molecular formula is C20H18N2O5S. The Kier molecular flexibility index (Phi) is 5.41. The highest BCUT2D eigenvalue weighted by atomic mass is 32.1. The molecule has 0 fully saturated rings. The average Bonchev–Trinajstić information content (AvgIpc) is 2.99. The lowest BCUT2D eigenvalue weighted by Crippen LogP contribution is -2.27. The first-order valence-corrected chi connectivity index (χ1v) is 9.40. The first-order valence-electron chi connectivity index (χ1n) is 8.58. The maximum atomic E-state index is 12.6. The van der Waals surface area contributed by atoms with Gasteiger partial charge in [0.2, 0.25) is 0 Å². The Labute approximate surface area is 164 Å². The summed E-state index contributed by atoms with van der Waals surface area (Å²) in [5.41, 5.74) is 2.01. The van der Waals surface area contributed by atoms with E-state index in [1.807, 2.05) is 6.92 Å². The van der Waals surface area contributed by atoms with E-state index in [2.05, 4.69) is 4.99 Å². The number of aromatic carboxylic acids is 1. The summed E-state index contributed by atoms with van der Waals surface area (Å²) in [6.07, 6.45) is 0.285. The number of thiazole rings is 1. The van der Waals surface area contributed by atoms with Gasteiger partial charge in [0.1, 0.15) is 6.04 Å². The summed E-state index contributed by atoms with van der Waals surface area (Å²) in [5.74, 6) is -2.62. The Balaban J connectivity index is 2.24. The van der Waals surface area contributed by atoms with Crippen molar-refractivity contribution in [2.75, 3.05) is 0 Å². The normalized spacial score (nSPS) is 12.9. The molecule has 2 N–H and O–H groups in total. The second kappa shape index (κ2) is 7.77. The summed E-state index contributed by atoms with van der Waals surface area (Å²) in [4.78, 5) is 40.0. The highest BCUT2D eigenvalue weighted by molar-refractivity contribution is 7.16. The minimum Gasteiger partial charge on any atom is -0.480 e. The van der Waals surface area contributed by atoms with Crippen molar-refractivity contribution in [1.29, 1.82) is 0 Å². The second-order valence-electron chi connectivity index (χ2n) is 6.29. The standard InChI is InChI=1S/C20H18N2O5S/c1-3-14(19(26)27)22-15-9-8-13(18(24)25)10-16(15)28-20(22)21-17(23)12-6-4-11(2)5-7-12/h4-10,14H,3H2,1-2H3,(H,24,25)(H,26,27)/b21-20-. The zero-order chi connectivity index (χ0) is 20.4. The van der Waals surface area contributed by atoms with Crippen molar-refractivity contribution in [3.63, 3.8) is 0 Å². The fraction of sp³-hybridized carbons (Fsp3) is 0.200. The van der Waals surface area contributed by atoms with Gasteiger partial charge in [0.15, 0.2) is 4.80 Å². The van der Waals surface area contributed by atoms with E-state index in [-0.39, 0.29) is 16.8 Å². The smallest absolute Gasteiger partial charge is 0.335 e. The van der Waals surface area contributed by atoms with E-state index < -0.39 is 23.9 Å². The minimum atomic E-state index is -1.08. The van der Waals surface area contributed by atoms with Crippen LogP contribution in [0.4, 0.5) is 0 Å². The average molecular weight is 398 g/mol. The number of hydrogen-bond acceptors (Lipinski definition) is 4. The molecule has 0 radical (unpaired) electrons. The Morgan fingerprint density at radius 3 is 2.29 bits per heavy atom. The van der Waals surface area contributed by atoms with Gasteiger partial charge in [0.05, 0.1) is 15.8 Å². The third-order valence-electron chi connectivity index (χ3n) is 4.35. The van der Waals surface area contributed by atoms with E-state index in [4.69, 9.17) is 0 Å². The number of carbonyl (C=O) groups excluding carboxylic acids is 1. The van der Waals surface area contributed by atoms with Crippen LogP contribution in [0, 0.1) is 6.92 Å². The zero-order valence-corrected chi connectivity index (χ0v) is 16.1. The fourth-order valence-electron chi connectivity index (χ4n) is 2.87. The molecule has 0 saturated carbocycles. The van der Waals surface area contributed by atoms with Gasteiger partial charge in [0, 0.05) is 5.56 Å². The largest absolute Gasteiger partial charge is 0.480 e. The molecule has 7 nitrogen and oxygen atoms in total. The van der Waals surface area contributed by atoms with E-state index in [0.29, 0.717) is 15.8 Å². The van der Waals surface area contributed by atoms with Crippen molar-refractivity contribution >= 4 is 39.4 Å². The number of amides is 1. The van der Waals surface area contributed by atoms with E-state index in [1.165, 1.54) is 16.7 Å². The number of carboxylic acids is 2. The molecule has 28 heavy (non-hydrogen) atoms. The molecule has 1 heterocycles. The molecule has 1 aromatic heterocycles. The van der Waals surface area contributed by atoms with Crippen LogP contribution in [0.25, 0.3) is 10.2 Å². The highest BCUT2D eigenvalue weighted by Crippen LogP contribution is 2.24. The lowest BCUT2D eigenvalue weighted by atomic mass is 10.1. The molecule has 2 aromatic carbocycles. The predicted molar refractivity (Wildman–Crippen MR) is 105 cm³/mol. The van der Waals surface area contributed by atoms with Gasteiger partial charge < -0.3 is 14.8 Å². The monoisotopic (exact) mass is 398 g/mol. The van der Waals surface area contributed by atoms with Gasteiger partial charge in [-0.05, 0) is 43.7 Å². The van der Waals surface area contributed by atoms with E-state index in [0.717, 1.165) is 16.9 Å². The number of carbonyl (C=O) groups is 3. The van der Waals surface area contributed by atoms with Crippen LogP contribution in [0.15, 0.2) is 47.5 Å². The summed E-state index contributed by atoms with van der Waals surface area (Å²) in [7, 11) is 0. The van der Waals surface area contributed by atoms with Crippen LogP contribution in [0.5, 0.6) is 0 Å². The summed E-state index contributed by atoms with van der Waals surface area (Å²) in [6, 6.07) is 10.4. The molecule has 144 valence electrons. The molecule has 8 heteroatoms. The van der Waals surface area contributed by atoms with Crippen molar-refractivity contribution in [3.8, 4) is 0 Å². The number of rotatable bonds is 5. The number of fused-ring (bicyclic) bond motifs is 1. The van der Waals surface area contributed by atoms with E-state index in [1.54, 1.807) is 37.3 Å². The first kappa shape index (κ1) is 19.5. The lowest BCUT2D eigenvalue weighted by Gasteiger charge is -2.13. The van der Waals surface area contributed by atoms with Crippen molar-refractivity contribution in [1.82, 2.24) is 4.57 Å². The van der Waals surface area contributed by atoms with Gasteiger partial charge in [-0.1, -0.05) is 36.0 Å². The molecule has 0 aliphatic rings. The molecule has 0 spiro atoms. The van der Waals surface area contributed by atoms with Crippen LogP contribution < -0.4 is 4.80 Å². The van der Waals surface area contributed by atoms with Gasteiger partial charge in [-0.3, -0.25) is 4.79 Å². The van der Waals surface area contributed by atoms with Gasteiger partial charge in [0.25, 0.3) is 5.91 Å². The van der Waals surface area contributed by atoms with Gasteiger partial charge >= 0.3 is 11.9 Å². The van der Waals surface area contributed by atoms with Crippen molar-refractivity contribution < 1.29 is 24.6 Å². The second-order valence-corrected chi connectivity index (χ2v) is 7.30. The van der Waals surface area contributed by atoms with Gasteiger partial charge in [-0.2, -0.15) is 4.99 Å². The maximum absolute atomic E-state index is 12.6. The Hall–Kier alpha value is -3.26. The van der Waals surface area contributed by atoms with Gasteiger partial charge in [-0.15, -0.1) is 0 Å². The topological polar surface area (TPSA) is 109 Å². The molecular weight excluding hydrogens is 380 g/mol.